The van der Waals surface area contributed by atoms with Gasteiger partial charge in [-0.1, -0.05) is 0 Å². The quantitative estimate of drug-likeness (QED) is 0.910. The summed E-state index contributed by atoms with van der Waals surface area (Å²) in [5.74, 6) is 1.81. The Balaban J connectivity index is 1.94. The third-order valence-electron chi connectivity index (χ3n) is 2.86. The smallest absolute Gasteiger partial charge is 0.297 e. The molecular formula is C15H23N3O2. The van der Waals surface area contributed by atoms with E-state index in [9.17, 15) is 0 Å². The van der Waals surface area contributed by atoms with Crippen LogP contribution in [-0.4, -0.2) is 17.6 Å². The van der Waals surface area contributed by atoms with E-state index in [4.69, 9.17) is 8.83 Å². The zero-order valence-electron chi connectivity index (χ0n) is 12.9. The number of nitrogens with one attached hydrogen (secondary N) is 1. The second-order valence-electron chi connectivity index (χ2n) is 6.09. The monoisotopic (exact) mass is 277 g/mol. The highest BCUT2D eigenvalue weighted by Gasteiger charge is 2.13. The first-order valence-corrected chi connectivity index (χ1v) is 6.79. The van der Waals surface area contributed by atoms with Crippen LogP contribution in [0.1, 0.15) is 38.0 Å². The largest absolute Gasteiger partial charge is 0.464 e. The maximum Gasteiger partial charge on any atom is 0.297 e. The van der Waals surface area contributed by atoms with Crippen molar-refractivity contribution in [3.8, 4) is 0 Å². The lowest BCUT2D eigenvalue weighted by molar-refractivity contribution is 0.420. The second-order valence-corrected chi connectivity index (χ2v) is 6.09. The molecule has 0 aromatic carbocycles. The third kappa shape index (κ3) is 4.13. The lowest BCUT2D eigenvalue weighted by Gasteiger charge is -2.19. The van der Waals surface area contributed by atoms with Gasteiger partial charge in [-0.25, -0.2) is 0 Å². The van der Waals surface area contributed by atoms with Crippen molar-refractivity contribution in [3.05, 3.63) is 35.6 Å². The molecule has 0 bridgehead atoms. The Hall–Kier alpha value is -1.75. The van der Waals surface area contributed by atoms with Crippen LogP contribution in [0.25, 0.3) is 0 Å². The molecule has 1 N–H and O–H groups in total. The highest BCUT2D eigenvalue weighted by molar-refractivity contribution is 5.26. The number of anilines is 1. The Morgan fingerprint density at radius 2 is 2.05 bits per heavy atom. The number of rotatable bonds is 5. The van der Waals surface area contributed by atoms with E-state index in [1.165, 1.54) is 0 Å². The van der Waals surface area contributed by atoms with Gasteiger partial charge in [0.25, 0.3) is 6.01 Å². The number of nitrogens with zero attached hydrogens (tertiary/aromatic N) is 2. The Bertz CT molecular complexity index is 551. The molecule has 0 aliphatic carbocycles. The average Bonchev–Trinajstić information content (AvgIpc) is 2.95. The Kier molecular flexibility index (Phi) is 4.18. The van der Waals surface area contributed by atoms with E-state index in [1.54, 1.807) is 6.26 Å². The van der Waals surface area contributed by atoms with Gasteiger partial charge >= 0.3 is 0 Å². The molecule has 0 saturated carbocycles. The fourth-order valence-corrected chi connectivity index (χ4v) is 1.78. The molecule has 0 aliphatic heterocycles. The highest BCUT2D eigenvalue weighted by atomic mass is 16.4. The third-order valence-corrected chi connectivity index (χ3v) is 2.86. The van der Waals surface area contributed by atoms with Gasteiger partial charge in [0, 0.05) is 19.1 Å². The molecule has 0 radical (unpaired) electrons. The van der Waals surface area contributed by atoms with E-state index in [2.05, 4.69) is 31.1 Å². The van der Waals surface area contributed by atoms with Crippen LogP contribution in [0.5, 0.6) is 0 Å². The normalized spacial score (nSPS) is 11.8. The topological polar surface area (TPSA) is 54.4 Å². The molecule has 0 unspecified atom stereocenters. The van der Waals surface area contributed by atoms with Gasteiger partial charge in [-0.2, -0.15) is 4.98 Å². The summed E-state index contributed by atoms with van der Waals surface area (Å²) in [6, 6.07) is 4.53. The van der Waals surface area contributed by atoms with Gasteiger partial charge in [0.15, 0.2) is 0 Å². The molecule has 2 heterocycles. The molecule has 0 amide bonds. The van der Waals surface area contributed by atoms with Crippen molar-refractivity contribution in [2.24, 2.45) is 0 Å². The Morgan fingerprint density at radius 3 is 2.65 bits per heavy atom. The van der Waals surface area contributed by atoms with E-state index in [0.717, 1.165) is 17.2 Å². The molecule has 0 saturated heterocycles. The van der Waals surface area contributed by atoms with Crippen molar-refractivity contribution >= 4 is 6.01 Å². The van der Waals surface area contributed by atoms with Crippen LogP contribution in [0.4, 0.5) is 6.01 Å². The number of hydrogen-bond acceptors (Lipinski definition) is 5. The van der Waals surface area contributed by atoms with Gasteiger partial charge < -0.3 is 19.1 Å². The molecule has 0 aliphatic rings. The first-order chi connectivity index (χ1) is 9.33. The van der Waals surface area contributed by atoms with E-state index in [0.29, 0.717) is 19.1 Å². The molecule has 0 atom stereocenters. The SMILES string of the molecule is Cc1ccc(CN(C)c2nc(CNC(C)(C)C)co2)o1. The fourth-order valence-electron chi connectivity index (χ4n) is 1.78. The summed E-state index contributed by atoms with van der Waals surface area (Å²) in [6.07, 6.45) is 1.69. The zero-order chi connectivity index (χ0) is 14.8. The maximum absolute atomic E-state index is 5.55. The molecule has 2 rings (SSSR count). The van der Waals surface area contributed by atoms with Gasteiger partial charge in [-0.15, -0.1) is 0 Å². The predicted octanol–water partition coefficient (Wildman–Crippen LogP) is 3.10. The fraction of sp³-hybridized carbons (Fsp3) is 0.533. The van der Waals surface area contributed by atoms with Gasteiger partial charge in [-0.05, 0) is 39.8 Å². The highest BCUT2D eigenvalue weighted by Crippen LogP contribution is 2.16. The number of furan rings is 1. The summed E-state index contributed by atoms with van der Waals surface area (Å²) in [4.78, 5) is 6.40. The molecule has 2 aromatic rings. The molecule has 5 nitrogen and oxygen atoms in total. The summed E-state index contributed by atoms with van der Waals surface area (Å²) in [7, 11) is 1.94. The van der Waals surface area contributed by atoms with Crippen molar-refractivity contribution in [2.75, 3.05) is 11.9 Å². The van der Waals surface area contributed by atoms with E-state index >= 15 is 0 Å². The zero-order valence-corrected chi connectivity index (χ0v) is 12.9. The van der Waals surface area contributed by atoms with Gasteiger partial charge in [0.2, 0.25) is 0 Å². The number of aryl methyl sites for hydroxylation is 1. The molecule has 5 heteroatoms. The number of aromatic nitrogens is 1. The van der Waals surface area contributed by atoms with E-state index in [1.807, 2.05) is 31.0 Å². The molecule has 110 valence electrons. The van der Waals surface area contributed by atoms with Gasteiger partial charge in [0.05, 0.1) is 12.2 Å². The lowest BCUT2D eigenvalue weighted by atomic mass is 10.1. The van der Waals surface area contributed by atoms with Crippen LogP contribution in [0, 0.1) is 6.92 Å². The number of hydrogen-bond donors (Lipinski definition) is 1. The standard InChI is InChI=1S/C15H23N3O2/c1-11-6-7-13(20-11)9-18(5)14-17-12(10-19-14)8-16-15(2,3)4/h6-7,10,16H,8-9H2,1-5H3. The van der Waals surface area contributed by atoms with Crippen molar-refractivity contribution < 1.29 is 8.83 Å². The Labute approximate surface area is 120 Å². The molecule has 2 aromatic heterocycles. The van der Waals surface area contributed by atoms with Crippen LogP contribution in [0.15, 0.2) is 27.2 Å². The number of oxazole rings is 1. The maximum atomic E-state index is 5.55. The summed E-state index contributed by atoms with van der Waals surface area (Å²) >= 11 is 0. The first-order valence-electron chi connectivity index (χ1n) is 6.79. The molecule has 0 fully saturated rings. The van der Waals surface area contributed by atoms with E-state index in [-0.39, 0.29) is 5.54 Å². The summed E-state index contributed by atoms with van der Waals surface area (Å²) in [5, 5.41) is 3.38. The summed E-state index contributed by atoms with van der Waals surface area (Å²) < 4.78 is 11.1. The van der Waals surface area contributed by atoms with Crippen molar-refractivity contribution in [2.45, 2.75) is 46.3 Å². The first kappa shape index (κ1) is 14.7. The minimum absolute atomic E-state index is 0.0662. The predicted molar refractivity (Wildman–Crippen MR) is 78.6 cm³/mol. The minimum atomic E-state index is 0.0662. The lowest BCUT2D eigenvalue weighted by Crippen LogP contribution is -2.35. The van der Waals surface area contributed by atoms with Crippen LogP contribution in [0.2, 0.25) is 0 Å². The van der Waals surface area contributed by atoms with Gasteiger partial charge in [-0.3, -0.25) is 0 Å². The van der Waals surface area contributed by atoms with Gasteiger partial charge in [0.1, 0.15) is 17.8 Å². The summed E-state index contributed by atoms with van der Waals surface area (Å²) in [5.41, 5.74) is 0.967. The van der Waals surface area contributed by atoms with Crippen LogP contribution in [-0.2, 0) is 13.1 Å². The van der Waals surface area contributed by atoms with Crippen LogP contribution in [0.3, 0.4) is 0 Å². The van der Waals surface area contributed by atoms with Crippen LogP contribution < -0.4 is 10.2 Å². The second kappa shape index (κ2) is 5.71. The van der Waals surface area contributed by atoms with Crippen molar-refractivity contribution in [1.29, 1.82) is 0 Å². The van der Waals surface area contributed by atoms with Crippen LogP contribution >= 0.6 is 0 Å². The average molecular weight is 277 g/mol. The Morgan fingerprint density at radius 1 is 1.30 bits per heavy atom. The van der Waals surface area contributed by atoms with E-state index < -0.39 is 0 Å². The minimum Gasteiger partial charge on any atom is -0.464 e. The molecule has 20 heavy (non-hydrogen) atoms. The molecular weight excluding hydrogens is 254 g/mol. The summed E-state index contributed by atoms with van der Waals surface area (Å²) in [6.45, 7) is 9.64. The van der Waals surface area contributed by atoms with Crippen molar-refractivity contribution in [3.63, 3.8) is 0 Å². The molecule has 0 spiro atoms. The van der Waals surface area contributed by atoms with Crippen molar-refractivity contribution in [1.82, 2.24) is 10.3 Å².